The second-order valence-corrected chi connectivity index (χ2v) is 5.60. The fourth-order valence-corrected chi connectivity index (χ4v) is 2.55. The van der Waals surface area contributed by atoms with E-state index in [0.29, 0.717) is 6.61 Å². The number of rotatable bonds is 4. The Morgan fingerprint density at radius 3 is 2.65 bits per heavy atom. The van der Waals surface area contributed by atoms with E-state index in [4.69, 9.17) is 10.00 Å². The van der Waals surface area contributed by atoms with Gasteiger partial charge in [0.1, 0.15) is 6.07 Å². The van der Waals surface area contributed by atoms with E-state index in [1.807, 2.05) is 20.8 Å². The third-order valence-electron chi connectivity index (χ3n) is 4.08. The van der Waals surface area contributed by atoms with Gasteiger partial charge in [0.15, 0.2) is 11.6 Å². The maximum absolute atomic E-state index is 13.8. The maximum Gasteiger partial charge on any atom is 0.183 e. The average Bonchev–Trinajstić information content (AvgIpc) is 2.42. The van der Waals surface area contributed by atoms with Crippen molar-refractivity contribution < 1.29 is 13.5 Å². The van der Waals surface area contributed by atoms with Gasteiger partial charge in [-0.2, -0.15) is 5.26 Å². The zero-order valence-electron chi connectivity index (χ0n) is 11.8. The number of nitrogens with zero attached hydrogens (tertiary/aromatic N) is 1. The number of nitrogens with one attached hydrogen (secondary N) is 1. The molecule has 0 radical (unpaired) electrons. The maximum atomic E-state index is 13.8. The van der Waals surface area contributed by atoms with E-state index >= 15 is 0 Å². The molecule has 1 aliphatic carbocycles. The molecule has 0 heterocycles. The average molecular weight is 280 g/mol. The van der Waals surface area contributed by atoms with Crippen molar-refractivity contribution in [3.63, 3.8) is 0 Å². The lowest BCUT2D eigenvalue weighted by molar-refractivity contribution is -0.0976. The van der Waals surface area contributed by atoms with Crippen molar-refractivity contribution in [3.8, 4) is 6.07 Å². The van der Waals surface area contributed by atoms with Gasteiger partial charge in [0.05, 0.1) is 17.4 Å². The van der Waals surface area contributed by atoms with Crippen LogP contribution in [0, 0.1) is 28.4 Å². The molecule has 20 heavy (non-hydrogen) atoms. The van der Waals surface area contributed by atoms with Crippen LogP contribution in [0.1, 0.15) is 32.8 Å². The van der Waals surface area contributed by atoms with E-state index in [0.717, 1.165) is 6.42 Å². The van der Waals surface area contributed by atoms with Crippen molar-refractivity contribution in [3.05, 3.63) is 29.3 Å². The van der Waals surface area contributed by atoms with Crippen LogP contribution in [-0.2, 0) is 4.74 Å². The first-order valence-corrected chi connectivity index (χ1v) is 6.68. The highest BCUT2D eigenvalue weighted by molar-refractivity contribution is 5.51. The summed E-state index contributed by atoms with van der Waals surface area (Å²) in [6.45, 7) is 6.64. The molecule has 0 aromatic heterocycles. The van der Waals surface area contributed by atoms with E-state index < -0.39 is 11.6 Å². The molecule has 2 unspecified atom stereocenters. The first kappa shape index (κ1) is 14.7. The van der Waals surface area contributed by atoms with E-state index in [-0.39, 0.29) is 28.8 Å². The Morgan fingerprint density at radius 2 is 2.10 bits per heavy atom. The molecule has 0 amide bonds. The van der Waals surface area contributed by atoms with Crippen molar-refractivity contribution in [2.24, 2.45) is 5.41 Å². The van der Waals surface area contributed by atoms with Crippen LogP contribution < -0.4 is 5.32 Å². The first-order valence-electron chi connectivity index (χ1n) is 6.68. The number of benzene rings is 1. The Morgan fingerprint density at radius 1 is 1.40 bits per heavy atom. The lowest BCUT2D eigenvalue weighted by Gasteiger charge is -2.52. The lowest BCUT2D eigenvalue weighted by Crippen LogP contribution is -2.58. The number of halogens is 2. The van der Waals surface area contributed by atoms with Crippen molar-refractivity contribution in [1.82, 2.24) is 0 Å². The topological polar surface area (TPSA) is 45.0 Å². The molecule has 1 aromatic carbocycles. The molecular formula is C15H18F2N2O. The second kappa shape index (κ2) is 5.37. The number of ether oxygens (including phenoxy) is 1. The van der Waals surface area contributed by atoms with Gasteiger partial charge in [-0.05, 0) is 25.5 Å². The van der Waals surface area contributed by atoms with Gasteiger partial charge in [-0.15, -0.1) is 0 Å². The molecule has 2 rings (SSSR count). The van der Waals surface area contributed by atoms with Gasteiger partial charge in [0, 0.05) is 18.1 Å². The van der Waals surface area contributed by atoms with E-state index in [2.05, 4.69) is 5.32 Å². The standard InChI is InChI=1S/C15H18F2N2O/c1-4-20-12-7-11(15(12,2)3)19-10-6-5-9(8-18)13(16)14(10)17/h5-6,11-12,19H,4,7H2,1-3H3. The Labute approximate surface area is 117 Å². The molecule has 1 saturated carbocycles. The van der Waals surface area contributed by atoms with Crippen LogP contribution in [0.3, 0.4) is 0 Å². The number of anilines is 1. The molecule has 0 saturated heterocycles. The van der Waals surface area contributed by atoms with E-state index in [1.165, 1.54) is 12.1 Å². The smallest absolute Gasteiger partial charge is 0.183 e. The SMILES string of the molecule is CCOC1CC(Nc2ccc(C#N)c(F)c2F)C1(C)C. The largest absolute Gasteiger partial charge is 0.379 e. The highest BCUT2D eigenvalue weighted by Crippen LogP contribution is 2.44. The van der Waals surface area contributed by atoms with Crippen LogP contribution in [-0.4, -0.2) is 18.8 Å². The monoisotopic (exact) mass is 280 g/mol. The van der Waals surface area contributed by atoms with Gasteiger partial charge in [-0.1, -0.05) is 13.8 Å². The van der Waals surface area contributed by atoms with Gasteiger partial charge in [-0.25, -0.2) is 8.78 Å². The molecule has 0 bridgehead atoms. The zero-order chi connectivity index (χ0) is 14.9. The molecular weight excluding hydrogens is 262 g/mol. The third-order valence-corrected chi connectivity index (χ3v) is 4.08. The summed E-state index contributed by atoms with van der Waals surface area (Å²) in [5.41, 5.74) is -0.338. The molecule has 0 spiro atoms. The van der Waals surface area contributed by atoms with Crippen molar-refractivity contribution >= 4 is 5.69 Å². The molecule has 1 aliphatic rings. The predicted molar refractivity (Wildman–Crippen MR) is 72.3 cm³/mol. The number of nitriles is 1. The van der Waals surface area contributed by atoms with Crippen molar-refractivity contribution in [2.45, 2.75) is 39.3 Å². The molecule has 1 aromatic rings. The van der Waals surface area contributed by atoms with Crippen LogP contribution in [0.25, 0.3) is 0 Å². The minimum atomic E-state index is -1.10. The Bertz CT molecular complexity index is 552. The fourth-order valence-electron chi connectivity index (χ4n) is 2.55. The fraction of sp³-hybridized carbons (Fsp3) is 0.533. The normalized spacial score (nSPS) is 23.8. The quantitative estimate of drug-likeness (QED) is 0.918. The minimum Gasteiger partial charge on any atom is -0.379 e. The highest BCUT2D eigenvalue weighted by Gasteiger charge is 2.49. The lowest BCUT2D eigenvalue weighted by atomic mass is 9.64. The number of hydrogen-bond acceptors (Lipinski definition) is 3. The zero-order valence-corrected chi connectivity index (χ0v) is 11.8. The van der Waals surface area contributed by atoms with Crippen LogP contribution in [0.4, 0.5) is 14.5 Å². The van der Waals surface area contributed by atoms with Crippen molar-refractivity contribution in [1.29, 1.82) is 5.26 Å². The van der Waals surface area contributed by atoms with Gasteiger partial charge in [0.2, 0.25) is 0 Å². The summed E-state index contributed by atoms with van der Waals surface area (Å²) in [5, 5.41) is 11.7. The highest BCUT2D eigenvalue weighted by atomic mass is 19.2. The van der Waals surface area contributed by atoms with Crippen LogP contribution in [0.5, 0.6) is 0 Å². The molecule has 0 aliphatic heterocycles. The van der Waals surface area contributed by atoms with E-state index in [1.54, 1.807) is 6.07 Å². The summed E-state index contributed by atoms with van der Waals surface area (Å²) in [4.78, 5) is 0. The van der Waals surface area contributed by atoms with Crippen LogP contribution in [0.2, 0.25) is 0 Å². The van der Waals surface area contributed by atoms with Crippen LogP contribution in [0.15, 0.2) is 12.1 Å². The summed E-state index contributed by atoms with van der Waals surface area (Å²) < 4.78 is 33.0. The molecule has 1 fully saturated rings. The number of hydrogen-bond donors (Lipinski definition) is 1. The summed E-state index contributed by atoms with van der Waals surface area (Å²) in [6.07, 6.45) is 0.873. The van der Waals surface area contributed by atoms with Gasteiger partial charge >= 0.3 is 0 Å². The summed E-state index contributed by atoms with van der Waals surface area (Å²) in [7, 11) is 0. The Kier molecular flexibility index (Phi) is 3.96. The van der Waals surface area contributed by atoms with Gasteiger partial charge in [-0.3, -0.25) is 0 Å². The third kappa shape index (κ3) is 2.36. The van der Waals surface area contributed by atoms with E-state index in [9.17, 15) is 8.78 Å². The van der Waals surface area contributed by atoms with Crippen molar-refractivity contribution in [2.75, 3.05) is 11.9 Å². The molecule has 2 atom stereocenters. The second-order valence-electron chi connectivity index (χ2n) is 5.60. The predicted octanol–water partition coefficient (Wildman–Crippen LogP) is 3.45. The summed E-state index contributed by atoms with van der Waals surface area (Å²) >= 11 is 0. The first-order chi connectivity index (χ1) is 9.41. The molecule has 108 valence electrons. The molecule has 3 nitrogen and oxygen atoms in total. The van der Waals surface area contributed by atoms with Crippen LogP contribution >= 0.6 is 0 Å². The van der Waals surface area contributed by atoms with Gasteiger partial charge < -0.3 is 10.1 Å². The summed E-state index contributed by atoms with van der Waals surface area (Å²) in [6, 6.07) is 4.32. The Balaban J connectivity index is 2.13. The molecule has 5 heteroatoms. The minimum absolute atomic E-state index is 0.0147. The van der Waals surface area contributed by atoms with Gasteiger partial charge in [0.25, 0.3) is 0 Å². The summed E-state index contributed by atoms with van der Waals surface area (Å²) in [5.74, 6) is -2.10. The molecule has 1 N–H and O–H groups in total. The Hall–Kier alpha value is -1.67.